The lowest BCUT2D eigenvalue weighted by molar-refractivity contribution is -0.120. The van der Waals surface area contributed by atoms with E-state index in [2.05, 4.69) is 0 Å². The Balaban J connectivity index is 2.50. The molecule has 16 heavy (non-hydrogen) atoms. The third-order valence-corrected chi connectivity index (χ3v) is 3.00. The lowest BCUT2D eigenvalue weighted by Gasteiger charge is -2.30. The first kappa shape index (κ1) is 10.9. The molecule has 1 aliphatic carbocycles. The van der Waals surface area contributed by atoms with Crippen LogP contribution in [-0.2, 0) is 10.3 Å². The zero-order valence-electron chi connectivity index (χ0n) is 9.27. The van der Waals surface area contributed by atoms with Crippen LogP contribution < -0.4 is 10.5 Å². The zero-order valence-corrected chi connectivity index (χ0v) is 9.27. The SMILES string of the molecule is COc1ccccc1[C@@]1(N)CCC=CC1=O. The Morgan fingerprint density at radius 1 is 1.38 bits per heavy atom. The largest absolute Gasteiger partial charge is 0.496 e. The molecule has 0 aliphatic heterocycles. The van der Waals surface area contributed by atoms with E-state index in [1.165, 1.54) is 0 Å². The average Bonchev–Trinajstić information content (AvgIpc) is 2.33. The van der Waals surface area contributed by atoms with Gasteiger partial charge in [0.15, 0.2) is 5.78 Å². The maximum absolute atomic E-state index is 11.9. The molecule has 0 bridgehead atoms. The summed E-state index contributed by atoms with van der Waals surface area (Å²) in [5.74, 6) is 0.622. The summed E-state index contributed by atoms with van der Waals surface area (Å²) in [5.41, 5.74) is 6.06. The number of carbonyl (C=O) groups is 1. The second-order valence-electron chi connectivity index (χ2n) is 3.98. The fraction of sp³-hybridized carbons (Fsp3) is 0.308. The summed E-state index contributed by atoms with van der Waals surface area (Å²) >= 11 is 0. The van der Waals surface area contributed by atoms with Gasteiger partial charge < -0.3 is 10.5 Å². The summed E-state index contributed by atoms with van der Waals surface area (Å²) in [6.07, 6.45) is 4.88. The van der Waals surface area contributed by atoms with E-state index in [1.807, 2.05) is 30.3 Å². The van der Waals surface area contributed by atoms with E-state index in [-0.39, 0.29) is 5.78 Å². The molecule has 2 rings (SSSR count). The van der Waals surface area contributed by atoms with Gasteiger partial charge in [0.1, 0.15) is 11.3 Å². The van der Waals surface area contributed by atoms with Gasteiger partial charge in [0.2, 0.25) is 0 Å². The molecule has 3 nitrogen and oxygen atoms in total. The van der Waals surface area contributed by atoms with Gasteiger partial charge in [0, 0.05) is 5.56 Å². The van der Waals surface area contributed by atoms with Crippen molar-refractivity contribution in [1.82, 2.24) is 0 Å². The van der Waals surface area contributed by atoms with Crippen LogP contribution in [0.5, 0.6) is 5.75 Å². The Labute approximate surface area is 94.9 Å². The van der Waals surface area contributed by atoms with Gasteiger partial charge in [-0.25, -0.2) is 0 Å². The Kier molecular flexibility index (Phi) is 2.79. The molecule has 2 N–H and O–H groups in total. The third-order valence-electron chi connectivity index (χ3n) is 3.00. The van der Waals surface area contributed by atoms with Crippen LogP contribution in [0.3, 0.4) is 0 Å². The Bertz CT molecular complexity index is 439. The highest BCUT2D eigenvalue weighted by molar-refractivity contribution is 5.99. The second kappa shape index (κ2) is 4.10. The van der Waals surface area contributed by atoms with Gasteiger partial charge in [0.25, 0.3) is 0 Å². The van der Waals surface area contributed by atoms with Crippen LogP contribution in [0.15, 0.2) is 36.4 Å². The van der Waals surface area contributed by atoms with Crippen LogP contribution in [-0.4, -0.2) is 12.9 Å². The quantitative estimate of drug-likeness (QED) is 0.821. The van der Waals surface area contributed by atoms with E-state index >= 15 is 0 Å². The normalized spacial score (nSPS) is 24.5. The number of ether oxygens (including phenoxy) is 1. The predicted molar refractivity (Wildman–Crippen MR) is 62.2 cm³/mol. The van der Waals surface area contributed by atoms with Crippen LogP contribution in [0.4, 0.5) is 0 Å². The van der Waals surface area contributed by atoms with Crippen LogP contribution in [0.1, 0.15) is 18.4 Å². The number of para-hydroxylation sites is 1. The fourth-order valence-corrected chi connectivity index (χ4v) is 2.05. The maximum atomic E-state index is 11.9. The van der Waals surface area contributed by atoms with Crippen molar-refractivity contribution in [2.75, 3.05) is 7.11 Å². The van der Waals surface area contributed by atoms with Gasteiger partial charge in [-0.15, -0.1) is 0 Å². The number of carbonyl (C=O) groups excluding carboxylic acids is 1. The Morgan fingerprint density at radius 2 is 2.12 bits per heavy atom. The molecule has 0 aromatic heterocycles. The molecule has 1 atom stereocenters. The molecule has 0 fully saturated rings. The van der Waals surface area contributed by atoms with Crippen LogP contribution >= 0.6 is 0 Å². The number of rotatable bonds is 2. The standard InChI is InChI=1S/C13H15NO2/c1-16-11-7-3-2-6-10(11)13(14)9-5-4-8-12(13)15/h2-4,6-8H,5,9,14H2,1H3/t13-/m0/s1. The van der Waals surface area contributed by atoms with E-state index in [0.29, 0.717) is 12.2 Å². The molecule has 0 saturated carbocycles. The lowest BCUT2D eigenvalue weighted by atomic mass is 9.79. The smallest absolute Gasteiger partial charge is 0.179 e. The summed E-state index contributed by atoms with van der Waals surface area (Å²) < 4.78 is 5.26. The first-order chi connectivity index (χ1) is 7.68. The molecule has 0 radical (unpaired) electrons. The summed E-state index contributed by atoms with van der Waals surface area (Å²) in [6, 6.07) is 7.43. The number of ketones is 1. The molecule has 84 valence electrons. The minimum absolute atomic E-state index is 0.0525. The molecule has 1 aromatic carbocycles. The van der Waals surface area contributed by atoms with Crippen LogP contribution in [0.25, 0.3) is 0 Å². The topological polar surface area (TPSA) is 52.3 Å². The first-order valence-corrected chi connectivity index (χ1v) is 5.32. The van der Waals surface area contributed by atoms with Crippen LogP contribution in [0, 0.1) is 0 Å². The first-order valence-electron chi connectivity index (χ1n) is 5.32. The highest BCUT2D eigenvalue weighted by Crippen LogP contribution is 2.34. The number of hydrogen-bond acceptors (Lipinski definition) is 3. The third kappa shape index (κ3) is 1.63. The van der Waals surface area contributed by atoms with Crippen molar-refractivity contribution < 1.29 is 9.53 Å². The molecule has 1 aromatic rings. The van der Waals surface area contributed by atoms with Crippen molar-refractivity contribution in [3.8, 4) is 5.75 Å². The van der Waals surface area contributed by atoms with Crippen molar-refractivity contribution in [2.24, 2.45) is 5.73 Å². The van der Waals surface area contributed by atoms with Crippen molar-refractivity contribution in [3.63, 3.8) is 0 Å². The van der Waals surface area contributed by atoms with Gasteiger partial charge in [-0.05, 0) is 25.0 Å². The van der Waals surface area contributed by atoms with E-state index in [0.717, 1.165) is 12.0 Å². The summed E-state index contributed by atoms with van der Waals surface area (Å²) in [6.45, 7) is 0. The Hall–Kier alpha value is -1.61. The number of methoxy groups -OCH3 is 1. The van der Waals surface area contributed by atoms with E-state index in [4.69, 9.17) is 10.5 Å². The molecular weight excluding hydrogens is 202 g/mol. The molecule has 0 saturated heterocycles. The van der Waals surface area contributed by atoms with Gasteiger partial charge >= 0.3 is 0 Å². The second-order valence-corrected chi connectivity index (χ2v) is 3.98. The molecule has 0 spiro atoms. The number of nitrogens with two attached hydrogens (primary N) is 1. The minimum Gasteiger partial charge on any atom is -0.496 e. The van der Waals surface area contributed by atoms with E-state index in [9.17, 15) is 4.79 Å². The monoisotopic (exact) mass is 217 g/mol. The van der Waals surface area contributed by atoms with Gasteiger partial charge in [-0.3, -0.25) is 4.79 Å². The predicted octanol–water partition coefficient (Wildman–Crippen LogP) is 1.77. The van der Waals surface area contributed by atoms with Crippen molar-refractivity contribution >= 4 is 5.78 Å². The average molecular weight is 217 g/mol. The van der Waals surface area contributed by atoms with Crippen molar-refractivity contribution in [3.05, 3.63) is 42.0 Å². The molecule has 3 heteroatoms. The summed E-state index contributed by atoms with van der Waals surface area (Å²) in [4.78, 5) is 11.9. The van der Waals surface area contributed by atoms with Gasteiger partial charge in [-0.1, -0.05) is 24.3 Å². The van der Waals surface area contributed by atoms with Gasteiger partial charge in [0.05, 0.1) is 7.11 Å². The van der Waals surface area contributed by atoms with Crippen molar-refractivity contribution in [1.29, 1.82) is 0 Å². The molecular formula is C13H15NO2. The molecule has 0 amide bonds. The Morgan fingerprint density at radius 3 is 2.81 bits per heavy atom. The number of hydrogen-bond donors (Lipinski definition) is 1. The van der Waals surface area contributed by atoms with Crippen LogP contribution in [0.2, 0.25) is 0 Å². The highest BCUT2D eigenvalue weighted by Gasteiger charge is 2.37. The summed E-state index contributed by atoms with van der Waals surface area (Å²) in [7, 11) is 1.59. The summed E-state index contributed by atoms with van der Waals surface area (Å²) in [5, 5.41) is 0. The molecule has 0 heterocycles. The van der Waals surface area contributed by atoms with E-state index < -0.39 is 5.54 Å². The zero-order chi connectivity index (χ0) is 11.6. The highest BCUT2D eigenvalue weighted by atomic mass is 16.5. The minimum atomic E-state index is -0.929. The fourth-order valence-electron chi connectivity index (χ4n) is 2.05. The lowest BCUT2D eigenvalue weighted by Crippen LogP contribution is -2.45. The van der Waals surface area contributed by atoms with Crippen molar-refractivity contribution in [2.45, 2.75) is 18.4 Å². The number of allylic oxidation sites excluding steroid dienone is 1. The molecule has 0 unspecified atom stereocenters. The van der Waals surface area contributed by atoms with Gasteiger partial charge in [-0.2, -0.15) is 0 Å². The van der Waals surface area contributed by atoms with E-state index in [1.54, 1.807) is 13.2 Å². The maximum Gasteiger partial charge on any atom is 0.179 e. The number of benzene rings is 1. The molecule has 1 aliphatic rings.